The molecule has 5 nitrogen and oxygen atoms in total. The Bertz CT molecular complexity index is 626. The molecule has 0 bridgehead atoms. The Labute approximate surface area is 128 Å². The molecule has 1 atom stereocenters. The molecule has 1 aliphatic rings. The number of aromatic nitrogens is 2. The third-order valence-corrected chi connectivity index (χ3v) is 4.68. The summed E-state index contributed by atoms with van der Waals surface area (Å²) < 4.78 is 2.04. The first kappa shape index (κ1) is 14.3. The Morgan fingerprint density at radius 3 is 3.05 bits per heavy atom. The summed E-state index contributed by atoms with van der Waals surface area (Å²) >= 11 is 1.58. The molecule has 0 spiro atoms. The number of carbonyl (C=O) groups excluding carboxylic acids is 1. The molecule has 112 valence electrons. The van der Waals surface area contributed by atoms with Gasteiger partial charge in [-0.1, -0.05) is 0 Å². The molecule has 3 heterocycles. The summed E-state index contributed by atoms with van der Waals surface area (Å²) in [4.78, 5) is 16.8. The lowest BCUT2D eigenvalue weighted by molar-refractivity contribution is 0.0930. The van der Waals surface area contributed by atoms with E-state index >= 15 is 0 Å². The monoisotopic (exact) mass is 304 g/mol. The number of piperidine rings is 1. The molecule has 1 saturated heterocycles. The Balaban J connectivity index is 1.82. The van der Waals surface area contributed by atoms with Crippen molar-refractivity contribution in [3.05, 3.63) is 34.6 Å². The van der Waals surface area contributed by atoms with Crippen LogP contribution in [0, 0.1) is 13.8 Å². The largest absolute Gasteiger partial charge is 0.348 e. The molecule has 1 amide bonds. The van der Waals surface area contributed by atoms with Gasteiger partial charge >= 0.3 is 0 Å². The van der Waals surface area contributed by atoms with Crippen LogP contribution in [0.1, 0.15) is 34.6 Å². The fourth-order valence-electron chi connectivity index (χ4n) is 2.85. The highest BCUT2D eigenvalue weighted by molar-refractivity contribution is 7.12. The predicted octanol–water partition coefficient (Wildman–Crippen LogP) is 2.03. The van der Waals surface area contributed by atoms with Gasteiger partial charge in [0.1, 0.15) is 0 Å². The van der Waals surface area contributed by atoms with Crippen molar-refractivity contribution < 1.29 is 4.79 Å². The zero-order chi connectivity index (χ0) is 14.8. The van der Waals surface area contributed by atoms with Crippen molar-refractivity contribution in [3.8, 4) is 5.13 Å². The third-order valence-electron chi connectivity index (χ3n) is 3.92. The van der Waals surface area contributed by atoms with E-state index in [0.29, 0.717) is 0 Å². The van der Waals surface area contributed by atoms with Crippen LogP contribution in [-0.4, -0.2) is 34.6 Å². The minimum atomic E-state index is 0.0135. The molecule has 1 unspecified atom stereocenters. The fraction of sp³-hybridized carbons (Fsp3) is 0.467. The topological polar surface area (TPSA) is 59.0 Å². The van der Waals surface area contributed by atoms with Gasteiger partial charge in [-0.15, -0.1) is 11.3 Å². The van der Waals surface area contributed by atoms with Gasteiger partial charge in [0.2, 0.25) is 0 Å². The van der Waals surface area contributed by atoms with Gasteiger partial charge in [0.05, 0.1) is 5.56 Å². The van der Waals surface area contributed by atoms with E-state index in [1.165, 1.54) is 0 Å². The minimum Gasteiger partial charge on any atom is -0.348 e. The van der Waals surface area contributed by atoms with E-state index in [9.17, 15) is 4.79 Å². The number of rotatable bonds is 3. The highest BCUT2D eigenvalue weighted by atomic mass is 32.1. The molecule has 2 aromatic heterocycles. The van der Waals surface area contributed by atoms with Crippen LogP contribution in [0.3, 0.4) is 0 Å². The number of hydrogen-bond acceptors (Lipinski definition) is 4. The molecular formula is C15H20N4OS. The first-order valence-electron chi connectivity index (χ1n) is 7.27. The standard InChI is InChI=1S/C15H20N4OS/c1-10-8-13(11(2)19(10)15-17-6-7-21-15)14(20)18-12-4-3-5-16-9-12/h6-8,12,16H,3-5,9H2,1-2H3,(H,18,20). The average molecular weight is 304 g/mol. The van der Waals surface area contributed by atoms with Gasteiger partial charge in [-0.3, -0.25) is 9.36 Å². The minimum absolute atomic E-state index is 0.0135. The van der Waals surface area contributed by atoms with E-state index in [2.05, 4.69) is 15.6 Å². The number of nitrogens with one attached hydrogen (secondary N) is 2. The highest BCUT2D eigenvalue weighted by Gasteiger charge is 2.21. The summed E-state index contributed by atoms with van der Waals surface area (Å²) in [6.07, 6.45) is 3.94. The smallest absolute Gasteiger partial charge is 0.253 e. The first-order valence-corrected chi connectivity index (χ1v) is 8.15. The van der Waals surface area contributed by atoms with Crippen molar-refractivity contribution in [1.29, 1.82) is 0 Å². The van der Waals surface area contributed by atoms with Gasteiger partial charge < -0.3 is 10.6 Å². The molecule has 0 radical (unpaired) electrons. The second kappa shape index (κ2) is 5.99. The van der Waals surface area contributed by atoms with Crippen LogP contribution in [0.5, 0.6) is 0 Å². The van der Waals surface area contributed by atoms with Gasteiger partial charge in [0, 0.05) is 35.6 Å². The second-order valence-electron chi connectivity index (χ2n) is 5.45. The lowest BCUT2D eigenvalue weighted by Crippen LogP contribution is -2.45. The summed E-state index contributed by atoms with van der Waals surface area (Å²) in [7, 11) is 0. The van der Waals surface area contributed by atoms with Gasteiger partial charge in [0.25, 0.3) is 5.91 Å². The van der Waals surface area contributed by atoms with E-state index in [4.69, 9.17) is 0 Å². The van der Waals surface area contributed by atoms with E-state index < -0.39 is 0 Å². The van der Waals surface area contributed by atoms with Crippen molar-refractivity contribution in [3.63, 3.8) is 0 Å². The SMILES string of the molecule is Cc1cc(C(=O)NC2CCCNC2)c(C)n1-c1nccs1. The molecule has 6 heteroatoms. The summed E-state index contributed by atoms with van der Waals surface area (Å²) in [5.41, 5.74) is 2.73. The molecule has 2 aromatic rings. The number of aryl methyl sites for hydroxylation is 1. The highest BCUT2D eigenvalue weighted by Crippen LogP contribution is 2.22. The van der Waals surface area contributed by atoms with E-state index in [1.807, 2.05) is 29.9 Å². The van der Waals surface area contributed by atoms with Crippen molar-refractivity contribution in [2.75, 3.05) is 13.1 Å². The van der Waals surface area contributed by atoms with Crippen LogP contribution >= 0.6 is 11.3 Å². The molecule has 1 aliphatic heterocycles. The van der Waals surface area contributed by atoms with Crippen molar-refractivity contribution in [2.24, 2.45) is 0 Å². The summed E-state index contributed by atoms with van der Waals surface area (Å²) in [5, 5.41) is 9.30. The molecule has 0 saturated carbocycles. The number of thiazole rings is 1. The lowest BCUT2D eigenvalue weighted by Gasteiger charge is -2.23. The van der Waals surface area contributed by atoms with Crippen molar-refractivity contribution in [1.82, 2.24) is 20.2 Å². The van der Waals surface area contributed by atoms with Crippen LogP contribution in [0.25, 0.3) is 5.13 Å². The lowest BCUT2D eigenvalue weighted by atomic mass is 10.1. The van der Waals surface area contributed by atoms with Crippen molar-refractivity contribution in [2.45, 2.75) is 32.7 Å². The van der Waals surface area contributed by atoms with Gasteiger partial charge in [-0.25, -0.2) is 4.98 Å². The van der Waals surface area contributed by atoms with Crippen LogP contribution in [0.4, 0.5) is 0 Å². The zero-order valence-corrected chi connectivity index (χ0v) is 13.2. The second-order valence-corrected chi connectivity index (χ2v) is 6.32. The maximum Gasteiger partial charge on any atom is 0.253 e. The van der Waals surface area contributed by atoms with Gasteiger partial charge in [0.15, 0.2) is 5.13 Å². The van der Waals surface area contributed by atoms with Crippen LogP contribution < -0.4 is 10.6 Å². The molecule has 3 rings (SSSR count). The number of carbonyl (C=O) groups is 1. The van der Waals surface area contributed by atoms with Crippen molar-refractivity contribution >= 4 is 17.2 Å². The first-order chi connectivity index (χ1) is 10.2. The quantitative estimate of drug-likeness (QED) is 0.912. The Kier molecular flexibility index (Phi) is 4.07. The Hall–Kier alpha value is -1.66. The number of amides is 1. The van der Waals surface area contributed by atoms with Crippen LogP contribution in [-0.2, 0) is 0 Å². The zero-order valence-electron chi connectivity index (χ0n) is 12.3. The fourth-order valence-corrected chi connectivity index (χ4v) is 3.60. The Morgan fingerprint density at radius 2 is 2.38 bits per heavy atom. The third kappa shape index (κ3) is 2.87. The number of hydrogen-bond donors (Lipinski definition) is 2. The van der Waals surface area contributed by atoms with E-state index in [-0.39, 0.29) is 11.9 Å². The van der Waals surface area contributed by atoms with E-state index in [0.717, 1.165) is 48.0 Å². The van der Waals surface area contributed by atoms with E-state index in [1.54, 1.807) is 17.5 Å². The molecule has 2 N–H and O–H groups in total. The maximum absolute atomic E-state index is 12.5. The van der Waals surface area contributed by atoms with Gasteiger partial charge in [-0.2, -0.15) is 0 Å². The molecule has 1 fully saturated rings. The Morgan fingerprint density at radius 1 is 1.52 bits per heavy atom. The molecule has 0 aromatic carbocycles. The normalized spacial score (nSPS) is 18.7. The predicted molar refractivity (Wildman–Crippen MR) is 84.3 cm³/mol. The number of nitrogens with zero attached hydrogens (tertiary/aromatic N) is 2. The molecule has 0 aliphatic carbocycles. The maximum atomic E-state index is 12.5. The summed E-state index contributed by atoms with van der Waals surface area (Å²) in [6, 6.07) is 2.18. The summed E-state index contributed by atoms with van der Waals surface area (Å²) in [6.45, 7) is 5.89. The molecular weight excluding hydrogens is 284 g/mol. The van der Waals surface area contributed by atoms with Gasteiger partial charge in [-0.05, 0) is 39.3 Å². The summed E-state index contributed by atoms with van der Waals surface area (Å²) in [5.74, 6) is 0.0135. The van der Waals surface area contributed by atoms with Crippen LogP contribution in [0.2, 0.25) is 0 Å². The van der Waals surface area contributed by atoms with Crippen LogP contribution in [0.15, 0.2) is 17.6 Å². The average Bonchev–Trinajstić information content (AvgIpc) is 3.08. The molecule has 21 heavy (non-hydrogen) atoms.